The SMILES string of the molecule is CCc1ccccc1OCC(=O)NCc1ccc(N2CC(C)OC(C)C2)nc1. The third kappa shape index (κ3) is 5.45. The van der Waals surface area contributed by atoms with Gasteiger partial charge < -0.3 is 19.7 Å². The Morgan fingerprint density at radius 3 is 2.64 bits per heavy atom. The quantitative estimate of drug-likeness (QED) is 0.796. The van der Waals surface area contributed by atoms with E-state index >= 15 is 0 Å². The first-order valence-electron chi connectivity index (χ1n) is 9.88. The van der Waals surface area contributed by atoms with Crippen LogP contribution in [0.3, 0.4) is 0 Å². The summed E-state index contributed by atoms with van der Waals surface area (Å²) in [4.78, 5) is 18.9. The van der Waals surface area contributed by atoms with E-state index in [1.165, 1.54) is 0 Å². The number of hydrogen-bond acceptors (Lipinski definition) is 5. The summed E-state index contributed by atoms with van der Waals surface area (Å²) < 4.78 is 11.4. The zero-order chi connectivity index (χ0) is 19.9. The molecule has 2 aromatic rings. The van der Waals surface area contributed by atoms with Crippen LogP contribution in [0.25, 0.3) is 0 Å². The first kappa shape index (κ1) is 20.1. The number of nitrogens with zero attached hydrogens (tertiary/aromatic N) is 2. The number of carbonyl (C=O) groups excluding carboxylic acids is 1. The number of nitrogens with one attached hydrogen (secondary N) is 1. The van der Waals surface area contributed by atoms with Crippen LogP contribution in [0.5, 0.6) is 5.75 Å². The molecule has 0 saturated carbocycles. The lowest BCUT2D eigenvalue weighted by Crippen LogP contribution is -2.45. The van der Waals surface area contributed by atoms with E-state index in [0.29, 0.717) is 6.54 Å². The highest BCUT2D eigenvalue weighted by Gasteiger charge is 2.22. The van der Waals surface area contributed by atoms with Crippen LogP contribution in [0.1, 0.15) is 31.9 Å². The highest BCUT2D eigenvalue weighted by atomic mass is 16.5. The molecule has 1 N–H and O–H groups in total. The number of morpholine rings is 1. The van der Waals surface area contributed by atoms with Crippen LogP contribution in [-0.4, -0.2) is 42.8 Å². The number of ether oxygens (including phenoxy) is 2. The molecule has 1 aromatic heterocycles. The van der Waals surface area contributed by atoms with Crippen molar-refractivity contribution in [1.82, 2.24) is 10.3 Å². The Morgan fingerprint density at radius 1 is 1.21 bits per heavy atom. The molecule has 2 heterocycles. The predicted octanol–water partition coefficient (Wildman–Crippen LogP) is 2.95. The molecule has 3 rings (SSSR count). The third-order valence-corrected chi connectivity index (χ3v) is 4.75. The molecule has 6 nitrogen and oxygen atoms in total. The van der Waals surface area contributed by atoms with Crippen LogP contribution < -0.4 is 15.0 Å². The number of anilines is 1. The third-order valence-electron chi connectivity index (χ3n) is 4.75. The van der Waals surface area contributed by atoms with Crippen molar-refractivity contribution in [1.29, 1.82) is 0 Å². The number of para-hydroxylation sites is 1. The molecule has 1 aliphatic heterocycles. The summed E-state index contributed by atoms with van der Waals surface area (Å²) in [6, 6.07) is 11.8. The van der Waals surface area contributed by atoms with Crippen LogP contribution in [0.2, 0.25) is 0 Å². The Balaban J connectivity index is 1.47. The van der Waals surface area contributed by atoms with Gasteiger partial charge in [-0.15, -0.1) is 0 Å². The van der Waals surface area contributed by atoms with E-state index in [2.05, 4.69) is 36.0 Å². The van der Waals surface area contributed by atoms with Gasteiger partial charge in [-0.1, -0.05) is 31.2 Å². The molecular formula is C22H29N3O3. The second-order valence-electron chi connectivity index (χ2n) is 7.21. The molecule has 150 valence electrons. The van der Waals surface area contributed by atoms with Gasteiger partial charge in [0.1, 0.15) is 11.6 Å². The van der Waals surface area contributed by atoms with E-state index in [0.717, 1.165) is 42.2 Å². The number of amides is 1. The van der Waals surface area contributed by atoms with E-state index < -0.39 is 0 Å². The van der Waals surface area contributed by atoms with Crippen molar-refractivity contribution in [3.8, 4) is 5.75 Å². The number of pyridine rings is 1. The minimum absolute atomic E-state index is 0.00603. The first-order chi connectivity index (χ1) is 13.5. The van der Waals surface area contributed by atoms with Crippen LogP contribution in [-0.2, 0) is 22.5 Å². The van der Waals surface area contributed by atoms with E-state index in [-0.39, 0.29) is 24.7 Å². The normalized spacial score (nSPS) is 19.3. The zero-order valence-corrected chi connectivity index (χ0v) is 16.9. The van der Waals surface area contributed by atoms with Gasteiger partial charge >= 0.3 is 0 Å². The van der Waals surface area contributed by atoms with Gasteiger partial charge in [0, 0.05) is 25.8 Å². The molecular weight excluding hydrogens is 354 g/mol. The molecule has 2 unspecified atom stereocenters. The lowest BCUT2D eigenvalue weighted by Gasteiger charge is -2.36. The van der Waals surface area contributed by atoms with Gasteiger partial charge in [0.15, 0.2) is 6.61 Å². The van der Waals surface area contributed by atoms with Crippen LogP contribution >= 0.6 is 0 Å². The maximum Gasteiger partial charge on any atom is 0.258 e. The molecule has 0 spiro atoms. The number of aryl methyl sites for hydroxylation is 1. The lowest BCUT2D eigenvalue weighted by molar-refractivity contribution is -0.123. The van der Waals surface area contributed by atoms with Gasteiger partial charge in [0.2, 0.25) is 0 Å². The highest BCUT2D eigenvalue weighted by Crippen LogP contribution is 2.19. The largest absolute Gasteiger partial charge is 0.483 e. The van der Waals surface area contributed by atoms with Gasteiger partial charge in [-0.25, -0.2) is 4.98 Å². The predicted molar refractivity (Wildman–Crippen MR) is 110 cm³/mol. The van der Waals surface area contributed by atoms with Gasteiger partial charge in [-0.05, 0) is 43.5 Å². The summed E-state index contributed by atoms with van der Waals surface area (Å²) in [5.41, 5.74) is 2.06. The fraction of sp³-hybridized carbons (Fsp3) is 0.455. The molecule has 0 radical (unpaired) electrons. The molecule has 0 bridgehead atoms. The van der Waals surface area contributed by atoms with Crippen molar-refractivity contribution in [3.05, 3.63) is 53.7 Å². The Hall–Kier alpha value is -2.60. The minimum Gasteiger partial charge on any atom is -0.483 e. The topological polar surface area (TPSA) is 63.7 Å². The van der Waals surface area contributed by atoms with Crippen molar-refractivity contribution in [3.63, 3.8) is 0 Å². The first-order valence-corrected chi connectivity index (χ1v) is 9.88. The molecule has 1 fully saturated rings. The Morgan fingerprint density at radius 2 is 1.96 bits per heavy atom. The molecule has 1 saturated heterocycles. The van der Waals surface area contributed by atoms with E-state index in [1.54, 1.807) is 0 Å². The fourth-order valence-corrected chi connectivity index (χ4v) is 3.40. The lowest BCUT2D eigenvalue weighted by atomic mass is 10.1. The van der Waals surface area contributed by atoms with Gasteiger partial charge in [0.05, 0.1) is 12.2 Å². The number of benzene rings is 1. The maximum absolute atomic E-state index is 12.1. The molecule has 0 aliphatic carbocycles. The summed E-state index contributed by atoms with van der Waals surface area (Å²) in [5.74, 6) is 1.56. The number of rotatable bonds is 7. The molecule has 28 heavy (non-hydrogen) atoms. The summed E-state index contributed by atoms with van der Waals surface area (Å²) in [7, 11) is 0. The molecule has 6 heteroatoms. The van der Waals surface area contributed by atoms with Crippen molar-refractivity contribution in [2.24, 2.45) is 0 Å². The minimum atomic E-state index is -0.147. The van der Waals surface area contributed by atoms with Crippen molar-refractivity contribution >= 4 is 11.7 Å². The summed E-state index contributed by atoms with van der Waals surface area (Å²) in [6.45, 7) is 8.33. The molecule has 1 aromatic carbocycles. The smallest absolute Gasteiger partial charge is 0.258 e. The summed E-state index contributed by atoms with van der Waals surface area (Å²) in [6.07, 6.45) is 3.08. The van der Waals surface area contributed by atoms with Crippen LogP contribution in [0.15, 0.2) is 42.6 Å². The van der Waals surface area contributed by atoms with E-state index in [4.69, 9.17) is 9.47 Å². The number of hydrogen-bond donors (Lipinski definition) is 1. The van der Waals surface area contributed by atoms with Crippen LogP contribution in [0, 0.1) is 0 Å². The molecule has 1 aliphatic rings. The second kappa shape index (κ2) is 9.55. The van der Waals surface area contributed by atoms with E-state index in [9.17, 15) is 4.79 Å². The highest BCUT2D eigenvalue weighted by molar-refractivity contribution is 5.77. The Kier molecular flexibility index (Phi) is 6.87. The number of aromatic nitrogens is 1. The zero-order valence-electron chi connectivity index (χ0n) is 16.9. The molecule has 1 amide bonds. The van der Waals surface area contributed by atoms with Crippen molar-refractivity contribution in [2.45, 2.75) is 45.9 Å². The average molecular weight is 383 g/mol. The van der Waals surface area contributed by atoms with Gasteiger partial charge in [0.25, 0.3) is 5.91 Å². The second-order valence-corrected chi connectivity index (χ2v) is 7.21. The van der Waals surface area contributed by atoms with Crippen molar-refractivity contribution < 1.29 is 14.3 Å². The van der Waals surface area contributed by atoms with Crippen molar-refractivity contribution in [2.75, 3.05) is 24.6 Å². The van der Waals surface area contributed by atoms with E-state index in [1.807, 2.05) is 42.6 Å². The Labute approximate surface area is 166 Å². The average Bonchev–Trinajstić information content (AvgIpc) is 2.70. The Bertz CT molecular complexity index is 769. The maximum atomic E-state index is 12.1. The fourth-order valence-electron chi connectivity index (χ4n) is 3.40. The van der Waals surface area contributed by atoms with Gasteiger partial charge in [-0.3, -0.25) is 4.79 Å². The molecule has 2 atom stereocenters. The summed E-state index contributed by atoms with van der Waals surface area (Å²) >= 11 is 0. The standard InChI is InChI=1S/C22H29N3O3/c1-4-19-7-5-6-8-20(19)27-15-22(26)24-12-18-9-10-21(23-11-18)25-13-16(2)28-17(3)14-25/h5-11,16-17H,4,12-15H2,1-3H3,(H,24,26). The number of carbonyl (C=O) groups is 1. The van der Waals surface area contributed by atoms with Gasteiger partial charge in [-0.2, -0.15) is 0 Å². The monoisotopic (exact) mass is 383 g/mol. The van der Waals surface area contributed by atoms with Crippen LogP contribution in [0.4, 0.5) is 5.82 Å². The summed E-state index contributed by atoms with van der Waals surface area (Å²) in [5, 5.41) is 2.88.